The zero-order chi connectivity index (χ0) is 19.3. The van der Waals surface area contributed by atoms with E-state index in [9.17, 15) is 4.79 Å². The summed E-state index contributed by atoms with van der Waals surface area (Å²) in [6.07, 6.45) is 0. The second-order valence-electron chi connectivity index (χ2n) is 6.37. The number of para-hydroxylation sites is 2. The summed E-state index contributed by atoms with van der Waals surface area (Å²) in [6, 6.07) is 20.2. The van der Waals surface area contributed by atoms with Gasteiger partial charge < -0.3 is 9.80 Å². The lowest BCUT2D eigenvalue weighted by molar-refractivity contribution is -0.128. The first-order valence-corrected chi connectivity index (χ1v) is 11.3. The Hall–Kier alpha value is -2.16. The molecule has 0 radical (unpaired) electrons. The number of nitrogens with zero attached hydrogens (tertiary/aromatic N) is 4. The number of thioether (sulfide) groups is 1. The van der Waals surface area contributed by atoms with Gasteiger partial charge in [0, 0.05) is 31.9 Å². The highest BCUT2D eigenvalue weighted by atomic mass is 32.2. The number of carbonyl (C=O) groups excluding carboxylic acids is 1. The van der Waals surface area contributed by atoms with Crippen molar-refractivity contribution < 1.29 is 4.79 Å². The second-order valence-corrected chi connectivity index (χ2v) is 9.22. The van der Waals surface area contributed by atoms with Crippen molar-refractivity contribution in [3.05, 3.63) is 64.6 Å². The molecule has 2 aromatic carbocycles. The molecule has 0 atom stereocenters. The molecule has 5 nitrogen and oxygen atoms in total. The first kappa shape index (κ1) is 19.2. The van der Waals surface area contributed by atoms with Gasteiger partial charge >= 0.3 is 0 Å². The lowest BCUT2D eigenvalue weighted by Crippen LogP contribution is -2.49. The summed E-state index contributed by atoms with van der Waals surface area (Å²) in [7, 11) is 0. The Morgan fingerprint density at radius 2 is 1.57 bits per heavy atom. The van der Waals surface area contributed by atoms with Gasteiger partial charge in [-0.15, -0.1) is 5.10 Å². The van der Waals surface area contributed by atoms with Crippen LogP contribution in [0.4, 0.5) is 5.69 Å². The van der Waals surface area contributed by atoms with Crippen LogP contribution in [0, 0.1) is 3.95 Å². The summed E-state index contributed by atoms with van der Waals surface area (Å²) in [5.41, 5.74) is 2.16. The number of rotatable bonds is 5. The van der Waals surface area contributed by atoms with Crippen LogP contribution in [0.1, 0.15) is 0 Å². The third-order valence-corrected chi connectivity index (χ3v) is 6.95. The number of piperazine rings is 1. The van der Waals surface area contributed by atoms with Crippen LogP contribution in [0.3, 0.4) is 0 Å². The zero-order valence-corrected chi connectivity index (χ0v) is 17.7. The van der Waals surface area contributed by atoms with Gasteiger partial charge in [0.2, 0.25) is 5.91 Å². The minimum absolute atomic E-state index is 0.157. The van der Waals surface area contributed by atoms with Crippen LogP contribution in [-0.2, 0) is 4.79 Å². The molecule has 0 unspecified atom stereocenters. The molecule has 1 aliphatic rings. The van der Waals surface area contributed by atoms with E-state index in [2.05, 4.69) is 22.1 Å². The number of carbonyl (C=O) groups is 1. The average molecular weight is 429 g/mol. The molecule has 0 bridgehead atoms. The molecule has 1 fully saturated rings. The summed E-state index contributed by atoms with van der Waals surface area (Å²) in [4.78, 5) is 16.9. The van der Waals surface area contributed by atoms with Gasteiger partial charge in [-0.2, -0.15) is 0 Å². The van der Waals surface area contributed by atoms with E-state index in [4.69, 9.17) is 12.2 Å². The van der Waals surface area contributed by atoms with Crippen LogP contribution >= 0.6 is 35.3 Å². The molecule has 1 aliphatic heterocycles. The Kier molecular flexibility index (Phi) is 6.09. The van der Waals surface area contributed by atoms with Gasteiger partial charge in [-0.05, 0) is 36.5 Å². The topological polar surface area (TPSA) is 41.4 Å². The third-order valence-electron chi connectivity index (χ3n) is 4.60. The Bertz CT molecular complexity index is 979. The maximum absolute atomic E-state index is 12.6. The van der Waals surface area contributed by atoms with Crippen LogP contribution in [0.5, 0.6) is 0 Å². The van der Waals surface area contributed by atoms with Crippen LogP contribution in [0.2, 0.25) is 0 Å². The molecule has 0 saturated carbocycles. The van der Waals surface area contributed by atoms with Gasteiger partial charge in [0.15, 0.2) is 8.29 Å². The van der Waals surface area contributed by atoms with Crippen LogP contribution in [0.25, 0.3) is 5.69 Å². The summed E-state index contributed by atoms with van der Waals surface area (Å²) in [5, 5.41) is 4.56. The standard InChI is InChI=1S/C20H20N4OS3/c25-18(23-13-11-22(12-14-23)16-7-3-1-4-8-16)15-27-19-21-24(20(26)28-19)17-9-5-2-6-10-17/h1-10H,11-15H2. The summed E-state index contributed by atoms with van der Waals surface area (Å²) >= 11 is 8.33. The highest BCUT2D eigenvalue weighted by Crippen LogP contribution is 2.24. The Morgan fingerprint density at radius 1 is 0.964 bits per heavy atom. The smallest absolute Gasteiger partial charge is 0.233 e. The largest absolute Gasteiger partial charge is 0.368 e. The van der Waals surface area contributed by atoms with Crippen molar-refractivity contribution in [1.29, 1.82) is 0 Å². The lowest BCUT2D eigenvalue weighted by atomic mass is 10.2. The van der Waals surface area contributed by atoms with Gasteiger partial charge in [0.05, 0.1) is 11.4 Å². The fraction of sp³-hybridized carbons (Fsp3) is 0.250. The molecule has 1 aromatic heterocycles. The number of hydrogen-bond donors (Lipinski definition) is 0. The van der Waals surface area contributed by atoms with E-state index in [1.54, 1.807) is 4.68 Å². The number of anilines is 1. The van der Waals surface area contributed by atoms with Crippen LogP contribution in [0.15, 0.2) is 65.0 Å². The number of hydrogen-bond acceptors (Lipinski definition) is 6. The molecule has 144 valence electrons. The molecule has 1 amide bonds. The Morgan fingerprint density at radius 3 is 2.21 bits per heavy atom. The Balaban J connectivity index is 1.31. The molecule has 8 heteroatoms. The van der Waals surface area contributed by atoms with Gasteiger partial charge in [0.25, 0.3) is 0 Å². The van der Waals surface area contributed by atoms with E-state index < -0.39 is 0 Å². The van der Waals surface area contributed by atoms with Crippen molar-refractivity contribution in [1.82, 2.24) is 14.7 Å². The third kappa shape index (κ3) is 4.45. The predicted octanol–water partition coefficient (Wildman–Crippen LogP) is 4.10. The molecule has 3 aromatic rings. The quantitative estimate of drug-likeness (QED) is 0.452. The first-order valence-electron chi connectivity index (χ1n) is 9.07. The van der Waals surface area contributed by atoms with Gasteiger partial charge in [-0.25, -0.2) is 4.68 Å². The minimum atomic E-state index is 0.157. The van der Waals surface area contributed by atoms with Gasteiger partial charge in [-0.1, -0.05) is 59.5 Å². The zero-order valence-electron chi connectivity index (χ0n) is 15.2. The molecular weight excluding hydrogens is 408 g/mol. The van der Waals surface area contributed by atoms with Crippen molar-refractivity contribution in [2.24, 2.45) is 0 Å². The number of amides is 1. The van der Waals surface area contributed by atoms with E-state index >= 15 is 0 Å². The first-order chi connectivity index (χ1) is 13.7. The summed E-state index contributed by atoms with van der Waals surface area (Å²) in [5.74, 6) is 0.549. The average Bonchev–Trinajstić information content (AvgIpc) is 3.14. The van der Waals surface area contributed by atoms with Crippen molar-refractivity contribution in [2.45, 2.75) is 4.34 Å². The van der Waals surface area contributed by atoms with E-state index in [1.165, 1.54) is 28.8 Å². The number of aromatic nitrogens is 2. The molecule has 0 aliphatic carbocycles. The normalized spacial score (nSPS) is 14.3. The van der Waals surface area contributed by atoms with Crippen molar-refractivity contribution in [2.75, 3.05) is 36.8 Å². The Labute approximate surface area is 177 Å². The van der Waals surface area contributed by atoms with E-state index in [0.717, 1.165) is 36.2 Å². The fourth-order valence-electron chi connectivity index (χ4n) is 3.12. The molecule has 28 heavy (non-hydrogen) atoms. The fourth-order valence-corrected chi connectivity index (χ4v) is 5.38. The van der Waals surface area contributed by atoms with Crippen molar-refractivity contribution in [3.8, 4) is 5.69 Å². The SMILES string of the molecule is O=C(CSc1nn(-c2ccccc2)c(=S)s1)N1CCN(c2ccccc2)CC1. The highest BCUT2D eigenvalue weighted by Gasteiger charge is 2.21. The van der Waals surface area contributed by atoms with Gasteiger partial charge in [0.1, 0.15) is 0 Å². The minimum Gasteiger partial charge on any atom is -0.368 e. The van der Waals surface area contributed by atoms with Crippen LogP contribution in [-0.4, -0.2) is 52.5 Å². The summed E-state index contributed by atoms with van der Waals surface area (Å²) < 4.78 is 3.27. The van der Waals surface area contributed by atoms with E-state index in [-0.39, 0.29) is 5.91 Å². The second kappa shape index (κ2) is 8.89. The monoisotopic (exact) mass is 428 g/mol. The van der Waals surface area contributed by atoms with E-state index in [0.29, 0.717) is 9.71 Å². The molecule has 1 saturated heterocycles. The molecule has 4 rings (SSSR count). The predicted molar refractivity (Wildman–Crippen MR) is 118 cm³/mol. The molecule has 2 heterocycles. The van der Waals surface area contributed by atoms with Crippen molar-refractivity contribution >= 4 is 46.9 Å². The van der Waals surface area contributed by atoms with Crippen molar-refractivity contribution in [3.63, 3.8) is 0 Å². The lowest BCUT2D eigenvalue weighted by Gasteiger charge is -2.36. The van der Waals surface area contributed by atoms with Gasteiger partial charge in [-0.3, -0.25) is 4.79 Å². The molecular formula is C20H20N4OS3. The molecule has 0 spiro atoms. The number of benzene rings is 2. The highest BCUT2D eigenvalue weighted by molar-refractivity contribution is 8.01. The van der Waals surface area contributed by atoms with Crippen LogP contribution < -0.4 is 4.90 Å². The van der Waals surface area contributed by atoms with E-state index in [1.807, 2.05) is 53.4 Å². The summed E-state index contributed by atoms with van der Waals surface area (Å²) in [6.45, 7) is 3.23. The molecule has 0 N–H and O–H groups in total. The maximum Gasteiger partial charge on any atom is 0.233 e. The maximum atomic E-state index is 12.6.